The first-order valence-corrected chi connectivity index (χ1v) is 8.99. The molecule has 0 spiro atoms. The number of halogens is 1. The van der Waals surface area contributed by atoms with Crippen molar-refractivity contribution in [2.24, 2.45) is 0 Å². The molecule has 0 unspecified atom stereocenters. The van der Waals surface area contributed by atoms with Gasteiger partial charge in [-0.15, -0.1) is 11.8 Å². The molecule has 5 heteroatoms. The third-order valence-electron chi connectivity index (χ3n) is 3.65. The lowest BCUT2D eigenvalue weighted by Gasteiger charge is -2.22. The second kappa shape index (κ2) is 10.1. The Hall–Kier alpha value is -1.85. The van der Waals surface area contributed by atoms with Crippen LogP contribution in [0, 0.1) is 5.82 Å². The molecule has 2 aromatic carbocycles. The maximum Gasteiger partial charge on any atom is 0.223 e. The van der Waals surface area contributed by atoms with Crippen LogP contribution >= 0.6 is 11.8 Å². The maximum atomic E-state index is 13.6. The molecule has 0 saturated heterocycles. The van der Waals surface area contributed by atoms with Crippen molar-refractivity contribution in [2.75, 3.05) is 25.4 Å². The van der Waals surface area contributed by atoms with Crippen molar-refractivity contribution < 1.29 is 14.3 Å². The summed E-state index contributed by atoms with van der Waals surface area (Å²) >= 11 is 1.34. The quantitative estimate of drug-likeness (QED) is 0.707. The zero-order valence-electron chi connectivity index (χ0n) is 13.5. The Kier molecular flexibility index (Phi) is 7.79. The first-order valence-electron chi connectivity index (χ1n) is 8.00. The van der Waals surface area contributed by atoms with Crippen LogP contribution in [0.15, 0.2) is 59.5 Å². The lowest BCUT2D eigenvalue weighted by molar-refractivity contribution is -0.131. The summed E-state index contributed by atoms with van der Waals surface area (Å²) < 4.78 is 13.6. The van der Waals surface area contributed by atoms with Gasteiger partial charge in [-0.25, -0.2) is 4.39 Å². The van der Waals surface area contributed by atoms with E-state index in [0.29, 0.717) is 30.2 Å². The highest BCUT2D eigenvalue weighted by molar-refractivity contribution is 7.99. The predicted octanol–water partition coefficient (Wildman–Crippen LogP) is 3.37. The van der Waals surface area contributed by atoms with E-state index in [1.165, 1.54) is 17.8 Å². The SMILES string of the molecule is O=C(CCSc1ccccc1F)N(CCO)CCc1ccccc1. The zero-order chi connectivity index (χ0) is 17.2. The zero-order valence-corrected chi connectivity index (χ0v) is 14.3. The number of carbonyl (C=O) groups is 1. The lowest BCUT2D eigenvalue weighted by Crippen LogP contribution is -2.35. The van der Waals surface area contributed by atoms with Gasteiger partial charge in [0.1, 0.15) is 5.82 Å². The van der Waals surface area contributed by atoms with Gasteiger partial charge in [-0.1, -0.05) is 42.5 Å². The molecule has 0 heterocycles. The summed E-state index contributed by atoms with van der Waals surface area (Å²) in [5.41, 5.74) is 1.16. The standard InChI is InChI=1S/C19H22FNO2S/c20-17-8-4-5-9-18(17)24-15-11-19(23)21(13-14-22)12-10-16-6-2-1-3-7-16/h1-9,22H,10-15H2. The van der Waals surface area contributed by atoms with E-state index in [2.05, 4.69) is 0 Å². The van der Waals surface area contributed by atoms with Gasteiger partial charge in [0.25, 0.3) is 0 Å². The third kappa shape index (κ3) is 5.98. The summed E-state index contributed by atoms with van der Waals surface area (Å²) in [6.07, 6.45) is 1.08. The van der Waals surface area contributed by atoms with Gasteiger partial charge >= 0.3 is 0 Å². The summed E-state index contributed by atoms with van der Waals surface area (Å²) in [5, 5.41) is 9.17. The van der Waals surface area contributed by atoms with E-state index in [-0.39, 0.29) is 18.3 Å². The van der Waals surface area contributed by atoms with Crippen LogP contribution in [0.2, 0.25) is 0 Å². The molecule has 2 rings (SSSR count). The van der Waals surface area contributed by atoms with Gasteiger partial charge in [0.05, 0.1) is 6.61 Å². The maximum absolute atomic E-state index is 13.6. The molecule has 128 valence electrons. The number of aliphatic hydroxyl groups is 1. The van der Waals surface area contributed by atoms with Crippen LogP contribution in [0.5, 0.6) is 0 Å². The van der Waals surface area contributed by atoms with Crippen LogP contribution in [0.3, 0.4) is 0 Å². The lowest BCUT2D eigenvalue weighted by atomic mass is 10.1. The molecule has 0 aliphatic carbocycles. The number of thioether (sulfide) groups is 1. The number of nitrogens with zero attached hydrogens (tertiary/aromatic N) is 1. The number of aliphatic hydroxyl groups excluding tert-OH is 1. The molecule has 2 aromatic rings. The average Bonchev–Trinajstić information content (AvgIpc) is 2.61. The van der Waals surface area contributed by atoms with Gasteiger partial charge in [0, 0.05) is 30.2 Å². The molecule has 0 radical (unpaired) electrons. The summed E-state index contributed by atoms with van der Waals surface area (Å²) in [5.74, 6) is 0.252. The molecular weight excluding hydrogens is 325 g/mol. The molecule has 0 aliphatic rings. The van der Waals surface area contributed by atoms with Crippen molar-refractivity contribution in [3.05, 3.63) is 66.0 Å². The molecule has 1 amide bonds. The van der Waals surface area contributed by atoms with Crippen LogP contribution < -0.4 is 0 Å². The number of hydrogen-bond donors (Lipinski definition) is 1. The van der Waals surface area contributed by atoms with Crippen molar-refractivity contribution in [2.45, 2.75) is 17.7 Å². The van der Waals surface area contributed by atoms with Crippen molar-refractivity contribution in [1.29, 1.82) is 0 Å². The number of rotatable bonds is 9. The minimum absolute atomic E-state index is 0.0104. The summed E-state index contributed by atoms with van der Waals surface area (Å²) in [4.78, 5) is 14.6. The largest absolute Gasteiger partial charge is 0.395 e. The topological polar surface area (TPSA) is 40.5 Å². The fourth-order valence-corrected chi connectivity index (χ4v) is 3.24. The summed E-state index contributed by atoms with van der Waals surface area (Å²) in [6, 6.07) is 16.5. The van der Waals surface area contributed by atoms with E-state index < -0.39 is 0 Å². The number of benzene rings is 2. The highest BCUT2D eigenvalue weighted by Crippen LogP contribution is 2.22. The Morgan fingerprint density at radius 2 is 1.75 bits per heavy atom. The first-order chi connectivity index (χ1) is 11.7. The highest BCUT2D eigenvalue weighted by Gasteiger charge is 2.13. The summed E-state index contributed by atoms with van der Waals surface area (Å²) in [6.45, 7) is 0.852. The van der Waals surface area contributed by atoms with Gasteiger partial charge in [-0.3, -0.25) is 4.79 Å². The minimum Gasteiger partial charge on any atom is -0.395 e. The fraction of sp³-hybridized carbons (Fsp3) is 0.316. The number of hydrogen-bond acceptors (Lipinski definition) is 3. The van der Waals surface area contributed by atoms with Gasteiger partial charge < -0.3 is 10.0 Å². The molecular formula is C19H22FNO2S. The number of carbonyl (C=O) groups excluding carboxylic acids is 1. The summed E-state index contributed by atoms with van der Waals surface area (Å²) in [7, 11) is 0. The minimum atomic E-state index is -0.258. The van der Waals surface area contributed by atoms with E-state index in [1.807, 2.05) is 30.3 Å². The van der Waals surface area contributed by atoms with E-state index >= 15 is 0 Å². The van der Waals surface area contributed by atoms with Gasteiger partial charge in [-0.05, 0) is 24.1 Å². The molecule has 3 nitrogen and oxygen atoms in total. The monoisotopic (exact) mass is 347 g/mol. The molecule has 0 aromatic heterocycles. The second-order valence-corrected chi connectivity index (χ2v) is 6.51. The van der Waals surface area contributed by atoms with E-state index in [0.717, 1.165) is 12.0 Å². The normalized spacial score (nSPS) is 10.6. The van der Waals surface area contributed by atoms with E-state index in [4.69, 9.17) is 0 Å². The Labute approximate surface area is 146 Å². The van der Waals surface area contributed by atoms with Crippen molar-refractivity contribution in [1.82, 2.24) is 4.90 Å². The molecule has 0 aliphatic heterocycles. The van der Waals surface area contributed by atoms with Crippen LogP contribution in [0.4, 0.5) is 4.39 Å². The van der Waals surface area contributed by atoms with Crippen molar-refractivity contribution in [3.8, 4) is 0 Å². The second-order valence-electron chi connectivity index (χ2n) is 5.37. The smallest absolute Gasteiger partial charge is 0.223 e. The van der Waals surface area contributed by atoms with E-state index in [9.17, 15) is 14.3 Å². The van der Waals surface area contributed by atoms with Crippen molar-refractivity contribution in [3.63, 3.8) is 0 Å². The van der Waals surface area contributed by atoms with Crippen molar-refractivity contribution >= 4 is 17.7 Å². The molecule has 0 atom stereocenters. The van der Waals surface area contributed by atoms with Crippen LogP contribution in [-0.2, 0) is 11.2 Å². The first kappa shape index (κ1) is 18.5. The Morgan fingerprint density at radius 3 is 2.46 bits per heavy atom. The molecule has 0 bridgehead atoms. The Morgan fingerprint density at radius 1 is 1.04 bits per heavy atom. The third-order valence-corrected chi connectivity index (χ3v) is 4.70. The predicted molar refractivity (Wildman–Crippen MR) is 95.6 cm³/mol. The van der Waals surface area contributed by atoms with Gasteiger partial charge in [0.15, 0.2) is 0 Å². The van der Waals surface area contributed by atoms with Crippen LogP contribution in [0.25, 0.3) is 0 Å². The molecule has 24 heavy (non-hydrogen) atoms. The van der Waals surface area contributed by atoms with E-state index in [1.54, 1.807) is 23.1 Å². The fourth-order valence-electron chi connectivity index (χ4n) is 2.36. The molecule has 1 N–H and O–H groups in total. The average molecular weight is 347 g/mol. The molecule has 0 saturated carbocycles. The Balaban J connectivity index is 1.81. The number of amides is 1. The molecule has 0 fully saturated rings. The van der Waals surface area contributed by atoms with Gasteiger partial charge in [-0.2, -0.15) is 0 Å². The van der Waals surface area contributed by atoms with Crippen LogP contribution in [-0.4, -0.2) is 41.4 Å². The van der Waals surface area contributed by atoms with Gasteiger partial charge in [0.2, 0.25) is 5.91 Å². The highest BCUT2D eigenvalue weighted by atomic mass is 32.2. The Bertz CT molecular complexity index is 636. The van der Waals surface area contributed by atoms with Crippen LogP contribution in [0.1, 0.15) is 12.0 Å².